The molecule has 1 aliphatic carbocycles. The van der Waals surface area contributed by atoms with Crippen molar-refractivity contribution in [1.82, 2.24) is 14.7 Å². The summed E-state index contributed by atoms with van der Waals surface area (Å²) in [6.07, 6.45) is 3.11. The highest BCUT2D eigenvalue weighted by Crippen LogP contribution is 2.44. The summed E-state index contributed by atoms with van der Waals surface area (Å²) in [7, 11) is 3.46. The Morgan fingerprint density at radius 1 is 1.38 bits per heavy atom. The molecule has 0 saturated heterocycles. The van der Waals surface area contributed by atoms with E-state index < -0.39 is 0 Å². The van der Waals surface area contributed by atoms with Crippen molar-refractivity contribution in [3.63, 3.8) is 0 Å². The van der Waals surface area contributed by atoms with Crippen LogP contribution in [0.1, 0.15) is 24.5 Å². The summed E-state index contributed by atoms with van der Waals surface area (Å²) >= 11 is 2.36. The van der Waals surface area contributed by atoms with Crippen molar-refractivity contribution in [3.8, 4) is 5.75 Å². The van der Waals surface area contributed by atoms with Crippen molar-refractivity contribution < 1.29 is 9.26 Å². The number of benzene rings is 1. The summed E-state index contributed by atoms with van der Waals surface area (Å²) in [4.78, 5) is 0. The molecule has 0 spiro atoms. The Labute approximate surface area is 153 Å². The molecule has 1 fully saturated rings. The zero-order valence-electron chi connectivity index (χ0n) is 13.3. The fourth-order valence-electron chi connectivity index (χ4n) is 2.74. The maximum absolute atomic E-state index is 5.52. The van der Waals surface area contributed by atoms with Gasteiger partial charge >= 0.3 is 0 Å². The van der Waals surface area contributed by atoms with E-state index in [9.17, 15) is 0 Å². The first-order valence-corrected chi connectivity index (χ1v) is 11.7. The smallest absolute Gasteiger partial charge is 0.177 e. The van der Waals surface area contributed by atoms with Crippen LogP contribution < -0.4 is 15.4 Å². The van der Waals surface area contributed by atoms with Crippen LogP contribution in [0.15, 0.2) is 22.7 Å². The van der Waals surface area contributed by atoms with Gasteiger partial charge in [-0.25, -0.2) is 4.45 Å². The summed E-state index contributed by atoms with van der Waals surface area (Å²) in [5.74, 6) is 2.90. The van der Waals surface area contributed by atoms with E-state index in [4.69, 9.17) is 9.26 Å². The average Bonchev–Trinajstić information content (AvgIpc) is 3.25. The molecule has 4 rings (SSSR count). The van der Waals surface area contributed by atoms with Crippen molar-refractivity contribution in [1.29, 1.82) is 0 Å². The first-order valence-electron chi connectivity index (χ1n) is 7.62. The lowest BCUT2D eigenvalue weighted by Crippen LogP contribution is -1.96. The monoisotopic (exact) mass is 457 g/mol. The average molecular weight is 457 g/mol. The maximum atomic E-state index is 5.52. The molecule has 0 radical (unpaired) electrons. The van der Waals surface area contributed by atoms with Crippen molar-refractivity contribution in [2.75, 3.05) is 24.8 Å². The zero-order chi connectivity index (χ0) is 16.7. The molecule has 3 aromatic rings. The Morgan fingerprint density at radius 2 is 2.21 bits per heavy atom. The molecular formula is C15H17IN5O2P. The van der Waals surface area contributed by atoms with Gasteiger partial charge in [0.25, 0.3) is 0 Å². The second-order valence-electron chi connectivity index (χ2n) is 5.68. The Bertz CT molecular complexity index is 889. The third-order valence-corrected chi connectivity index (χ3v) is 5.99. The number of hydrogen-bond donors (Lipinski definition) is 2. The molecule has 9 heteroatoms. The van der Waals surface area contributed by atoms with E-state index in [2.05, 4.69) is 53.4 Å². The highest BCUT2D eigenvalue weighted by molar-refractivity contribution is 14.2. The number of nitrogens with one attached hydrogen (secondary N) is 2. The van der Waals surface area contributed by atoms with E-state index in [1.807, 2.05) is 19.2 Å². The predicted molar refractivity (Wildman–Crippen MR) is 105 cm³/mol. The van der Waals surface area contributed by atoms with Crippen molar-refractivity contribution in [3.05, 3.63) is 23.9 Å². The van der Waals surface area contributed by atoms with E-state index >= 15 is 0 Å². The van der Waals surface area contributed by atoms with E-state index in [1.54, 1.807) is 7.11 Å². The number of halogens is 1. The normalized spacial score (nSPS) is 14.6. The predicted octanol–water partition coefficient (Wildman–Crippen LogP) is 4.49. The van der Waals surface area contributed by atoms with Crippen LogP contribution >= 0.6 is 28.4 Å². The Kier molecular flexibility index (Phi) is 4.26. The number of rotatable bonds is 6. The van der Waals surface area contributed by atoms with Crippen LogP contribution in [-0.2, 0) is 0 Å². The van der Waals surface area contributed by atoms with Crippen LogP contribution in [0.4, 0.5) is 17.3 Å². The molecule has 1 aliphatic rings. The second-order valence-corrected chi connectivity index (χ2v) is 7.72. The number of nitrogens with zero attached hydrogens (tertiary/aromatic N) is 3. The van der Waals surface area contributed by atoms with E-state index in [0.717, 1.165) is 22.6 Å². The van der Waals surface area contributed by atoms with Gasteiger partial charge in [-0.15, -0.1) is 0 Å². The molecular weight excluding hydrogens is 440 g/mol. The fraction of sp³-hybridized carbons (Fsp3) is 0.333. The van der Waals surface area contributed by atoms with Gasteiger partial charge in [0.1, 0.15) is 5.75 Å². The van der Waals surface area contributed by atoms with Gasteiger partial charge in [-0.1, -0.05) is 5.16 Å². The molecule has 24 heavy (non-hydrogen) atoms. The third kappa shape index (κ3) is 2.82. The molecule has 0 amide bonds. The van der Waals surface area contributed by atoms with Gasteiger partial charge in [0.05, 0.1) is 24.6 Å². The molecule has 0 bridgehead atoms. The number of fused-ring (bicyclic) bond motifs is 1. The standard InChI is InChI=1S/C15H17IN5O2P/c1-17-15-9-5-13(22-2)10(6-12(9)23-20-15)18-14-7-11(8-3-4-8)21(19-14)24-16/h5-8,24H,3-4H2,1-2H3,(H,17,20)(H,18,19). The minimum absolute atomic E-state index is 0.596. The zero-order valence-corrected chi connectivity index (χ0v) is 16.4. The molecule has 2 heterocycles. The van der Waals surface area contributed by atoms with Gasteiger partial charge in [0.15, 0.2) is 17.2 Å². The first-order chi connectivity index (χ1) is 11.7. The van der Waals surface area contributed by atoms with Crippen LogP contribution in [0.2, 0.25) is 0 Å². The van der Waals surface area contributed by atoms with Gasteiger partial charge in [0.2, 0.25) is 0 Å². The number of hydrogen-bond acceptors (Lipinski definition) is 6. The van der Waals surface area contributed by atoms with Crippen LogP contribution in [-0.4, -0.2) is 28.9 Å². The summed E-state index contributed by atoms with van der Waals surface area (Å²) in [6.45, 7) is 0. The molecule has 1 saturated carbocycles. The van der Waals surface area contributed by atoms with Gasteiger partial charge < -0.3 is 19.9 Å². The number of methoxy groups -OCH3 is 1. The molecule has 1 unspecified atom stereocenters. The van der Waals surface area contributed by atoms with Crippen LogP contribution in [0.5, 0.6) is 5.75 Å². The Morgan fingerprint density at radius 3 is 2.88 bits per heavy atom. The molecule has 0 aliphatic heterocycles. The highest BCUT2D eigenvalue weighted by Gasteiger charge is 2.28. The number of anilines is 3. The maximum Gasteiger partial charge on any atom is 0.177 e. The Hall–Kier alpha value is -1.54. The minimum atomic E-state index is 0.596. The lowest BCUT2D eigenvalue weighted by Gasteiger charge is -2.09. The summed E-state index contributed by atoms with van der Waals surface area (Å²) in [5.41, 5.74) is 2.82. The van der Waals surface area contributed by atoms with Gasteiger partial charge in [-0.2, -0.15) is 5.10 Å². The van der Waals surface area contributed by atoms with Crippen LogP contribution in [0, 0.1) is 0 Å². The van der Waals surface area contributed by atoms with Gasteiger partial charge in [0, 0.05) is 30.8 Å². The second kappa shape index (κ2) is 6.40. The summed E-state index contributed by atoms with van der Waals surface area (Å²) in [6, 6.07) is 5.94. The minimum Gasteiger partial charge on any atom is -0.495 e. The highest BCUT2D eigenvalue weighted by atomic mass is 127. The Balaban J connectivity index is 1.71. The molecule has 1 atom stereocenters. The number of ether oxygens (including phenoxy) is 1. The van der Waals surface area contributed by atoms with Gasteiger partial charge in [-0.3, -0.25) is 0 Å². The third-order valence-electron chi connectivity index (χ3n) is 4.10. The summed E-state index contributed by atoms with van der Waals surface area (Å²) in [5, 5.41) is 15.9. The van der Waals surface area contributed by atoms with Crippen molar-refractivity contribution in [2.24, 2.45) is 0 Å². The fourth-order valence-corrected chi connectivity index (χ4v) is 4.39. The first kappa shape index (κ1) is 16.0. The SMILES string of the molecule is CNc1noc2cc(Nc3cc(C4CC4)n(PI)n3)c(OC)cc12. The van der Waals surface area contributed by atoms with Gasteiger partial charge in [-0.05, 0) is 40.9 Å². The lowest BCUT2D eigenvalue weighted by molar-refractivity contribution is 0.417. The summed E-state index contributed by atoms with van der Waals surface area (Å²) < 4.78 is 13.0. The molecule has 1 aromatic carbocycles. The van der Waals surface area contributed by atoms with E-state index in [-0.39, 0.29) is 0 Å². The van der Waals surface area contributed by atoms with Crippen LogP contribution in [0.25, 0.3) is 11.0 Å². The molecule has 2 N–H and O–H groups in total. The van der Waals surface area contributed by atoms with E-state index in [1.165, 1.54) is 18.5 Å². The van der Waals surface area contributed by atoms with Crippen molar-refractivity contribution >= 4 is 56.7 Å². The lowest BCUT2D eigenvalue weighted by atomic mass is 10.2. The van der Waals surface area contributed by atoms with Crippen LogP contribution in [0.3, 0.4) is 0 Å². The molecule has 2 aromatic heterocycles. The van der Waals surface area contributed by atoms with E-state index in [0.29, 0.717) is 23.7 Å². The quantitative estimate of drug-likeness (QED) is 0.420. The van der Waals surface area contributed by atoms with Crippen molar-refractivity contribution in [2.45, 2.75) is 18.8 Å². The topological polar surface area (TPSA) is 77.1 Å². The molecule has 7 nitrogen and oxygen atoms in total. The molecule has 126 valence electrons. The number of aromatic nitrogens is 3. The largest absolute Gasteiger partial charge is 0.495 e.